The van der Waals surface area contributed by atoms with Gasteiger partial charge in [-0.05, 0) is 31.8 Å². The van der Waals surface area contributed by atoms with Crippen molar-refractivity contribution in [3.8, 4) is 0 Å². The molecule has 0 saturated carbocycles. The third-order valence-corrected chi connectivity index (χ3v) is 2.27. The van der Waals surface area contributed by atoms with Crippen LogP contribution in [-0.4, -0.2) is 31.5 Å². The van der Waals surface area contributed by atoms with Crippen LogP contribution in [0.25, 0.3) is 0 Å². The van der Waals surface area contributed by atoms with E-state index >= 15 is 0 Å². The van der Waals surface area contributed by atoms with Crippen LogP contribution in [0.15, 0.2) is 0 Å². The maximum absolute atomic E-state index is 11.3. The molecule has 2 amide bonds. The highest BCUT2D eigenvalue weighted by molar-refractivity contribution is 5.77. The Balaban J connectivity index is 2.09. The van der Waals surface area contributed by atoms with Crippen molar-refractivity contribution in [3.63, 3.8) is 0 Å². The molecule has 1 unspecified atom stereocenters. The van der Waals surface area contributed by atoms with Gasteiger partial charge in [0.1, 0.15) is 0 Å². The van der Waals surface area contributed by atoms with Crippen molar-refractivity contribution < 1.29 is 14.4 Å². The van der Waals surface area contributed by atoms with Crippen molar-refractivity contribution in [3.05, 3.63) is 0 Å². The van der Waals surface area contributed by atoms with Gasteiger partial charge in [0.15, 0.2) is 6.61 Å². The number of hydroxylamine groups is 1. The molecule has 4 N–H and O–H groups in total. The van der Waals surface area contributed by atoms with Crippen LogP contribution >= 0.6 is 0 Å². The second-order valence-corrected chi connectivity index (χ2v) is 3.70. The van der Waals surface area contributed by atoms with Gasteiger partial charge in [0.2, 0.25) is 11.8 Å². The highest BCUT2D eigenvalue weighted by Crippen LogP contribution is 2.13. The van der Waals surface area contributed by atoms with Crippen LogP contribution in [0, 0.1) is 5.92 Å². The Morgan fingerprint density at radius 3 is 2.93 bits per heavy atom. The van der Waals surface area contributed by atoms with E-state index in [1.807, 2.05) is 0 Å². The molecule has 1 fully saturated rings. The van der Waals surface area contributed by atoms with E-state index in [-0.39, 0.29) is 12.5 Å². The number of carbonyl (C=O) groups excluding carboxylic acids is 2. The molecule has 1 aliphatic heterocycles. The first-order chi connectivity index (χ1) is 7.18. The summed E-state index contributed by atoms with van der Waals surface area (Å²) >= 11 is 0. The minimum absolute atomic E-state index is 0.204. The second kappa shape index (κ2) is 6.36. The predicted octanol–water partition coefficient (Wildman–Crippen LogP) is -1.09. The minimum atomic E-state index is -0.602. The fraction of sp³-hybridized carbons (Fsp3) is 0.778. The number of hydrogen-bond acceptors (Lipinski definition) is 4. The van der Waals surface area contributed by atoms with Crippen LogP contribution in [-0.2, 0) is 14.4 Å². The molecule has 1 heterocycles. The molecule has 6 heteroatoms. The summed E-state index contributed by atoms with van der Waals surface area (Å²) in [5.74, 6) is -0.449. The Morgan fingerprint density at radius 2 is 2.33 bits per heavy atom. The van der Waals surface area contributed by atoms with Crippen LogP contribution < -0.4 is 16.5 Å². The number of hydrogen-bond donors (Lipinski definition) is 3. The molecule has 0 spiro atoms. The molecule has 0 aromatic rings. The zero-order chi connectivity index (χ0) is 11.1. The van der Waals surface area contributed by atoms with Crippen molar-refractivity contribution >= 4 is 11.8 Å². The fourth-order valence-electron chi connectivity index (χ4n) is 1.59. The Bertz CT molecular complexity index is 227. The molecule has 1 aliphatic rings. The van der Waals surface area contributed by atoms with Gasteiger partial charge >= 0.3 is 0 Å². The van der Waals surface area contributed by atoms with Crippen LogP contribution in [0.5, 0.6) is 0 Å². The summed E-state index contributed by atoms with van der Waals surface area (Å²) in [6.07, 6.45) is 2.57. The van der Waals surface area contributed by atoms with Gasteiger partial charge in [-0.15, -0.1) is 0 Å². The number of nitrogens with one attached hydrogen (secondary N) is 2. The van der Waals surface area contributed by atoms with E-state index in [0.717, 1.165) is 25.9 Å². The molecule has 0 aromatic heterocycles. The first kappa shape index (κ1) is 11.9. The molecule has 6 nitrogen and oxygen atoms in total. The molecule has 1 atom stereocenters. The fourth-order valence-corrected chi connectivity index (χ4v) is 1.59. The van der Waals surface area contributed by atoms with E-state index < -0.39 is 5.91 Å². The number of piperidine rings is 1. The average Bonchev–Trinajstić information content (AvgIpc) is 2.18. The van der Waals surface area contributed by atoms with Crippen LogP contribution in [0.3, 0.4) is 0 Å². The summed E-state index contributed by atoms with van der Waals surface area (Å²) in [5.41, 5.74) is 7.03. The smallest absolute Gasteiger partial charge is 0.246 e. The van der Waals surface area contributed by atoms with Crippen molar-refractivity contribution in [2.75, 3.05) is 19.7 Å². The van der Waals surface area contributed by atoms with Gasteiger partial charge in [-0.3, -0.25) is 14.4 Å². The average molecular weight is 215 g/mol. The lowest BCUT2D eigenvalue weighted by atomic mass is 9.96. The summed E-state index contributed by atoms with van der Waals surface area (Å²) < 4.78 is 0. The van der Waals surface area contributed by atoms with E-state index in [0.29, 0.717) is 12.3 Å². The molecule has 86 valence electrons. The summed E-state index contributed by atoms with van der Waals surface area (Å²) in [4.78, 5) is 26.2. The Labute approximate surface area is 88.5 Å². The molecular weight excluding hydrogens is 198 g/mol. The normalized spacial score (nSPS) is 20.9. The molecule has 15 heavy (non-hydrogen) atoms. The predicted molar refractivity (Wildman–Crippen MR) is 53.5 cm³/mol. The quantitative estimate of drug-likeness (QED) is 0.508. The third kappa shape index (κ3) is 5.34. The SMILES string of the molecule is NC(=O)CONC(=O)CC1CCCNC1. The van der Waals surface area contributed by atoms with Gasteiger partial charge in [-0.1, -0.05) is 0 Å². The summed E-state index contributed by atoms with van der Waals surface area (Å²) in [6, 6.07) is 0. The van der Waals surface area contributed by atoms with Gasteiger partial charge in [-0.25, -0.2) is 5.48 Å². The monoisotopic (exact) mass is 215 g/mol. The number of primary amides is 1. The lowest BCUT2D eigenvalue weighted by Crippen LogP contribution is -2.35. The van der Waals surface area contributed by atoms with Gasteiger partial charge in [0, 0.05) is 6.42 Å². The Hall–Kier alpha value is -1.14. The van der Waals surface area contributed by atoms with E-state index in [1.54, 1.807) is 0 Å². The van der Waals surface area contributed by atoms with Crippen molar-refractivity contribution in [2.24, 2.45) is 11.7 Å². The second-order valence-electron chi connectivity index (χ2n) is 3.70. The lowest BCUT2D eigenvalue weighted by Gasteiger charge is -2.21. The molecule has 0 aliphatic carbocycles. The third-order valence-electron chi connectivity index (χ3n) is 2.27. The molecule has 0 radical (unpaired) electrons. The maximum atomic E-state index is 11.3. The van der Waals surface area contributed by atoms with Crippen molar-refractivity contribution in [1.82, 2.24) is 10.8 Å². The highest BCUT2D eigenvalue weighted by atomic mass is 16.7. The number of carbonyl (C=O) groups is 2. The van der Waals surface area contributed by atoms with Crippen molar-refractivity contribution in [1.29, 1.82) is 0 Å². The van der Waals surface area contributed by atoms with E-state index in [1.165, 1.54) is 0 Å². The Kier molecular flexibility index (Phi) is 5.06. The summed E-state index contributed by atoms with van der Waals surface area (Å²) in [6.45, 7) is 1.61. The summed E-state index contributed by atoms with van der Waals surface area (Å²) in [7, 11) is 0. The van der Waals surface area contributed by atoms with Crippen LogP contribution in [0.4, 0.5) is 0 Å². The lowest BCUT2D eigenvalue weighted by molar-refractivity contribution is -0.138. The standard InChI is InChI=1S/C9H17N3O3/c10-8(13)6-15-12-9(14)4-7-2-1-3-11-5-7/h7,11H,1-6H2,(H2,10,13)(H,12,14). The molecule has 0 aromatic carbocycles. The zero-order valence-corrected chi connectivity index (χ0v) is 8.62. The maximum Gasteiger partial charge on any atom is 0.246 e. The van der Waals surface area contributed by atoms with E-state index in [2.05, 4.69) is 15.6 Å². The van der Waals surface area contributed by atoms with Gasteiger partial charge in [0.25, 0.3) is 0 Å². The van der Waals surface area contributed by atoms with E-state index in [4.69, 9.17) is 5.73 Å². The molecule has 0 bridgehead atoms. The van der Waals surface area contributed by atoms with Crippen LogP contribution in [0.2, 0.25) is 0 Å². The van der Waals surface area contributed by atoms with Gasteiger partial charge < -0.3 is 11.1 Å². The van der Waals surface area contributed by atoms with Gasteiger partial charge in [-0.2, -0.15) is 0 Å². The van der Waals surface area contributed by atoms with Crippen LogP contribution in [0.1, 0.15) is 19.3 Å². The number of nitrogens with two attached hydrogens (primary N) is 1. The first-order valence-electron chi connectivity index (χ1n) is 5.08. The molecular formula is C9H17N3O3. The van der Waals surface area contributed by atoms with Crippen molar-refractivity contribution in [2.45, 2.75) is 19.3 Å². The molecule has 1 saturated heterocycles. The largest absolute Gasteiger partial charge is 0.368 e. The van der Waals surface area contributed by atoms with Gasteiger partial charge in [0.05, 0.1) is 0 Å². The minimum Gasteiger partial charge on any atom is -0.368 e. The number of amides is 2. The summed E-state index contributed by atoms with van der Waals surface area (Å²) in [5, 5.41) is 3.22. The topological polar surface area (TPSA) is 93.5 Å². The Morgan fingerprint density at radius 1 is 1.53 bits per heavy atom. The highest BCUT2D eigenvalue weighted by Gasteiger charge is 2.16. The number of rotatable bonds is 5. The first-order valence-corrected chi connectivity index (χ1v) is 5.08. The zero-order valence-electron chi connectivity index (χ0n) is 8.62. The van der Waals surface area contributed by atoms with E-state index in [9.17, 15) is 9.59 Å². The molecule has 1 rings (SSSR count).